The van der Waals surface area contributed by atoms with Gasteiger partial charge in [0.2, 0.25) is 0 Å². The number of rotatable bonds is 6. The van der Waals surface area contributed by atoms with E-state index in [0.717, 1.165) is 48.9 Å². The number of hydrogen-bond acceptors (Lipinski definition) is 3. The number of aryl methyl sites for hydroxylation is 1. The quantitative estimate of drug-likeness (QED) is 0.798. The molecule has 5 nitrogen and oxygen atoms in total. The summed E-state index contributed by atoms with van der Waals surface area (Å²) in [6, 6.07) is 13.8. The second kappa shape index (κ2) is 9.11. The van der Waals surface area contributed by atoms with Crippen molar-refractivity contribution in [1.82, 2.24) is 0 Å². The Morgan fingerprint density at radius 1 is 1.22 bits per heavy atom. The van der Waals surface area contributed by atoms with Crippen LogP contribution in [0.2, 0.25) is 5.02 Å². The topological polar surface area (TPSA) is 46.0 Å². The van der Waals surface area contributed by atoms with Crippen molar-refractivity contribution >= 4 is 28.9 Å². The molecule has 0 aromatic heterocycles. The Hall–Kier alpha value is -2.24. The molecule has 6 heteroatoms. The van der Waals surface area contributed by atoms with Gasteiger partial charge in [-0.15, -0.1) is 0 Å². The molecule has 2 N–H and O–H groups in total. The summed E-state index contributed by atoms with van der Waals surface area (Å²) in [5.41, 5.74) is 2.89. The van der Waals surface area contributed by atoms with Crippen molar-refractivity contribution in [3.8, 4) is 5.75 Å². The minimum absolute atomic E-state index is 0.0214. The van der Waals surface area contributed by atoms with Gasteiger partial charge in [-0.3, -0.25) is 4.79 Å². The Labute approximate surface area is 165 Å². The average molecular weight is 389 g/mol. The Morgan fingerprint density at radius 3 is 2.67 bits per heavy atom. The molecule has 2 aromatic carbocycles. The SMILES string of the molecule is CCOc1ccccc1N1CC[NH+](CC(=O)Nc2ccc(C)c(Cl)c2)CC1. The summed E-state index contributed by atoms with van der Waals surface area (Å²) in [6.45, 7) is 8.72. The Kier molecular flexibility index (Phi) is 6.58. The first-order valence-corrected chi connectivity index (χ1v) is 9.81. The lowest BCUT2D eigenvalue weighted by Gasteiger charge is -2.34. The monoisotopic (exact) mass is 388 g/mol. The second-order valence-electron chi connectivity index (χ2n) is 6.83. The van der Waals surface area contributed by atoms with Crippen LogP contribution in [-0.2, 0) is 4.79 Å². The van der Waals surface area contributed by atoms with Crippen molar-refractivity contribution in [2.24, 2.45) is 0 Å². The normalized spacial score (nSPS) is 14.9. The van der Waals surface area contributed by atoms with Crippen LogP contribution < -0.4 is 19.9 Å². The highest BCUT2D eigenvalue weighted by molar-refractivity contribution is 6.31. The van der Waals surface area contributed by atoms with Crippen molar-refractivity contribution in [1.29, 1.82) is 0 Å². The number of nitrogens with one attached hydrogen (secondary N) is 2. The van der Waals surface area contributed by atoms with Crippen molar-refractivity contribution in [3.63, 3.8) is 0 Å². The molecule has 0 saturated carbocycles. The number of benzene rings is 2. The standard InChI is InChI=1S/C21H26ClN3O2/c1-3-27-20-7-5-4-6-19(20)25-12-10-24(11-13-25)15-21(26)23-17-9-8-16(2)18(22)14-17/h4-9,14H,3,10-13,15H2,1-2H3,(H,23,26)/p+1. The Balaban J connectivity index is 1.52. The molecule has 2 aromatic rings. The second-order valence-corrected chi connectivity index (χ2v) is 7.23. The highest BCUT2D eigenvalue weighted by atomic mass is 35.5. The first-order valence-electron chi connectivity index (χ1n) is 9.43. The van der Waals surface area contributed by atoms with Gasteiger partial charge in [-0.25, -0.2) is 0 Å². The average Bonchev–Trinajstić information content (AvgIpc) is 2.66. The van der Waals surface area contributed by atoms with Crippen molar-refractivity contribution in [3.05, 3.63) is 53.1 Å². The molecule has 0 aliphatic carbocycles. The lowest BCUT2D eigenvalue weighted by molar-refractivity contribution is -0.892. The number of ether oxygens (including phenoxy) is 1. The van der Waals surface area contributed by atoms with Crippen LogP contribution in [0.25, 0.3) is 0 Å². The third-order valence-electron chi connectivity index (χ3n) is 4.84. The maximum absolute atomic E-state index is 12.4. The lowest BCUT2D eigenvalue weighted by Crippen LogP contribution is -3.15. The van der Waals surface area contributed by atoms with E-state index in [4.69, 9.17) is 16.3 Å². The van der Waals surface area contributed by atoms with E-state index in [2.05, 4.69) is 16.3 Å². The molecule has 1 heterocycles. The molecule has 1 amide bonds. The van der Waals surface area contributed by atoms with Crippen molar-refractivity contribution in [2.75, 3.05) is 49.5 Å². The van der Waals surface area contributed by atoms with Gasteiger partial charge in [0.1, 0.15) is 5.75 Å². The predicted octanol–water partition coefficient (Wildman–Crippen LogP) is 2.39. The van der Waals surface area contributed by atoms with E-state index in [0.29, 0.717) is 18.2 Å². The van der Waals surface area contributed by atoms with E-state index in [1.165, 1.54) is 4.90 Å². The summed E-state index contributed by atoms with van der Waals surface area (Å²) < 4.78 is 5.74. The number of carbonyl (C=O) groups excluding carboxylic acids is 1. The summed E-state index contributed by atoms with van der Waals surface area (Å²) in [5, 5.41) is 3.62. The highest BCUT2D eigenvalue weighted by Gasteiger charge is 2.24. The van der Waals surface area contributed by atoms with Gasteiger partial charge < -0.3 is 19.9 Å². The number of hydrogen-bond donors (Lipinski definition) is 2. The Morgan fingerprint density at radius 2 is 1.96 bits per heavy atom. The van der Waals surface area contributed by atoms with E-state index in [9.17, 15) is 4.79 Å². The van der Waals surface area contributed by atoms with Crippen molar-refractivity contribution in [2.45, 2.75) is 13.8 Å². The minimum atomic E-state index is 0.0214. The summed E-state index contributed by atoms with van der Waals surface area (Å²) in [7, 11) is 0. The number of nitrogens with zero attached hydrogens (tertiary/aromatic N) is 1. The fourth-order valence-electron chi connectivity index (χ4n) is 3.34. The zero-order chi connectivity index (χ0) is 19.2. The van der Waals surface area contributed by atoms with E-state index in [1.54, 1.807) is 6.07 Å². The summed E-state index contributed by atoms with van der Waals surface area (Å²) in [4.78, 5) is 16.0. The van der Waals surface area contributed by atoms with Gasteiger partial charge in [0.25, 0.3) is 5.91 Å². The third kappa shape index (κ3) is 5.15. The zero-order valence-corrected chi connectivity index (χ0v) is 16.7. The van der Waals surface area contributed by atoms with Gasteiger partial charge in [0.05, 0.1) is 38.5 Å². The molecule has 1 aliphatic heterocycles. The summed E-state index contributed by atoms with van der Waals surface area (Å²) in [6.07, 6.45) is 0. The number of para-hydroxylation sites is 2. The molecule has 3 rings (SSSR count). The lowest BCUT2D eigenvalue weighted by atomic mass is 10.2. The van der Waals surface area contributed by atoms with Crippen LogP contribution in [0.3, 0.4) is 0 Å². The van der Waals surface area contributed by atoms with Crippen LogP contribution in [0.1, 0.15) is 12.5 Å². The van der Waals surface area contributed by atoms with Gasteiger partial charge in [-0.05, 0) is 43.7 Å². The van der Waals surface area contributed by atoms with Gasteiger partial charge >= 0.3 is 0 Å². The van der Waals surface area contributed by atoms with Gasteiger partial charge in [0, 0.05) is 10.7 Å². The summed E-state index contributed by atoms with van der Waals surface area (Å²) >= 11 is 6.13. The third-order valence-corrected chi connectivity index (χ3v) is 5.25. The maximum Gasteiger partial charge on any atom is 0.279 e. The number of halogens is 1. The number of amides is 1. The van der Waals surface area contributed by atoms with Gasteiger partial charge in [-0.2, -0.15) is 0 Å². The first kappa shape index (κ1) is 19.5. The van der Waals surface area contributed by atoms with Crippen LogP contribution in [-0.4, -0.2) is 45.2 Å². The van der Waals surface area contributed by atoms with E-state index >= 15 is 0 Å². The number of carbonyl (C=O) groups is 1. The molecule has 0 atom stereocenters. The largest absolute Gasteiger partial charge is 0.492 e. The molecule has 144 valence electrons. The van der Waals surface area contributed by atoms with Crippen LogP contribution in [0.4, 0.5) is 11.4 Å². The molecule has 0 spiro atoms. The van der Waals surface area contributed by atoms with E-state index in [-0.39, 0.29) is 5.91 Å². The van der Waals surface area contributed by atoms with Gasteiger partial charge in [-0.1, -0.05) is 29.8 Å². The zero-order valence-electron chi connectivity index (χ0n) is 15.9. The van der Waals surface area contributed by atoms with Crippen LogP contribution in [0.15, 0.2) is 42.5 Å². The van der Waals surface area contributed by atoms with Crippen LogP contribution in [0, 0.1) is 6.92 Å². The molecule has 0 bridgehead atoms. The highest BCUT2D eigenvalue weighted by Crippen LogP contribution is 2.27. The smallest absolute Gasteiger partial charge is 0.279 e. The summed E-state index contributed by atoms with van der Waals surface area (Å²) in [5.74, 6) is 0.950. The molecule has 0 radical (unpaired) electrons. The maximum atomic E-state index is 12.4. The number of anilines is 2. The molecular formula is C21H27ClN3O2+. The van der Waals surface area contributed by atoms with E-state index < -0.39 is 0 Å². The fraction of sp³-hybridized carbons (Fsp3) is 0.381. The molecule has 27 heavy (non-hydrogen) atoms. The predicted molar refractivity (Wildman–Crippen MR) is 110 cm³/mol. The molecule has 1 saturated heterocycles. The van der Waals surface area contributed by atoms with Crippen LogP contribution in [0.5, 0.6) is 5.75 Å². The fourth-order valence-corrected chi connectivity index (χ4v) is 3.52. The molecular weight excluding hydrogens is 362 g/mol. The molecule has 1 aliphatic rings. The van der Waals surface area contributed by atoms with Crippen molar-refractivity contribution < 1.29 is 14.4 Å². The molecule has 1 fully saturated rings. The number of piperazine rings is 1. The minimum Gasteiger partial charge on any atom is -0.492 e. The molecule has 0 unspecified atom stereocenters. The van der Waals surface area contributed by atoms with Crippen LogP contribution >= 0.6 is 11.6 Å². The van der Waals surface area contributed by atoms with E-state index in [1.807, 2.05) is 44.2 Å². The first-order chi connectivity index (χ1) is 13.1. The number of quaternary nitrogens is 1. The van der Waals surface area contributed by atoms with Gasteiger partial charge in [0.15, 0.2) is 6.54 Å². The Bertz CT molecular complexity index is 789.